The van der Waals surface area contributed by atoms with Crippen LogP contribution in [0.5, 0.6) is 5.75 Å². The lowest BCUT2D eigenvalue weighted by Crippen LogP contribution is -2.22. The van der Waals surface area contributed by atoms with Gasteiger partial charge in [-0.15, -0.1) is 0 Å². The fraction of sp³-hybridized carbons (Fsp3) is 0.381. The molecule has 2 unspecified atom stereocenters. The van der Waals surface area contributed by atoms with E-state index in [0.29, 0.717) is 11.1 Å². The molecule has 0 bridgehead atoms. The van der Waals surface area contributed by atoms with Crippen LogP contribution in [0.25, 0.3) is 16.6 Å². The topological polar surface area (TPSA) is 77.5 Å². The van der Waals surface area contributed by atoms with Gasteiger partial charge in [-0.3, -0.25) is 0 Å². The van der Waals surface area contributed by atoms with E-state index in [4.69, 9.17) is 4.98 Å². The molecule has 1 aliphatic carbocycles. The Hall–Kier alpha value is -3.07. The normalized spacial score (nSPS) is 24.3. The van der Waals surface area contributed by atoms with Crippen molar-refractivity contribution in [2.24, 2.45) is 17.8 Å². The summed E-state index contributed by atoms with van der Waals surface area (Å²) < 4.78 is 1.54. The third kappa shape index (κ3) is 2.62. The lowest BCUT2D eigenvalue weighted by atomic mass is 10.0. The molecule has 27 heavy (non-hydrogen) atoms. The minimum atomic E-state index is 0.107. The molecule has 6 nitrogen and oxygen atoms in total. The molecule has 0 amide bonds. The van der Waals surface area contributed by atoms with Gasteiger partial charge in [0.05, 0.1) is 23.5 Å². The van der Waals surface area contributed by atoms with Gasteiger partial charge in [-0.25, -0.2) is 9.50 Å². The lowest BCUT2D eigenvalue weighted by Gasteiger charge is -2.19. The summed E-state index contributed by atoms with van der Waals surface area (Å²) >= 11 is 0. The monoisotopic (exact) mass is 359 g/mol. The third-order valence-electron chi connectivity index (χ3n) is 6.09. The summed E-state index contributed by atoms with van der Waals surface area (Å²) in [6.07, 6.45) is 7.52. The van der Waals surface area contributed by atoms with Crippen LogP contribution in [0.15, 0.2) is 36.8 Å². The highest BCUT2D eigenvalue weighted by Gasteiger charge is 2.39. The molecule has 0 spiro atoms. The Kier molecular flexibility index (Phi) is 3.57. The van der Waals surface area contributed by atoms with E-state index >= 15 is 0 Å². The molecule has 3 aromatic rings. The minimum Gasteiger partial charge on any atom is -0.506 e. The molecule has 0 radical (unpaired) electrons. The van der Waals surface area contributed by atoms with Crippen LogP contribution in [0.1, 0.15) is 25.3 Å². The van der Waals surface area contributed by atoms with E-state index in [0.717, 1.165) is 47.8 Å². The molecule has 1 aliphatic heterocycles. The number of nitriles is 1. The average molecular weight is 359 g/mol. The molecule has 2 aliphatic rings. The average Bonchev–Trinajstić information content (AvgIpc) is 3.33. The van der Waals surface area contributed by atoms with Gasteiger partial charge < -0.3 is 10.0 Å². The van der Waals surface area contributed by atoms with Gasteiger partial charge in [-0.2, -0.15) is 10.4 Å². The maximum absolute atomic E-state index is 10.0. The summed E-state index contributed by atoms with van der Waals surface area (Å²) in [5, 5.41) is 23.5. The van der Waals surface area contributed by atoms with Crippen LogP contribution < -0.4 is 4.90 Å². The van der Waals surface area contributed by atoms with Gasteiger partial charge in [0, 0.05) is 30.4 Å². The Bertz CT molecular complexity index is 1030. The molecule has 2 atom stereocenters. The highest BCUT2D eigenvalue weighted by atomic mass is 16.3. The molecule has 4 heterocycles. The van der Waals surface area contributed by atoms with Gasteiger partial charge in [0.2, 0.25) is 0 Å². The maximum atomic E-state index is 10.0. The van der Waals surface area contributed by atoms with Crippen molar-refractivity contribution < 1.29 is 5.11 Å². The number of fused-ring (bicyclic) bond motifs is 2. The predicted octanol–water partition coefficient (Wildman–Crippen LogP) is 3.46. The van der Waals surface area contributed by atoms with Crippen molar-refractivity contribution in [1.82, 2.24) is 14.6 Å². The van der Waals surface area contributed by atoms with Crippen molar-refractivity contribution in [1.29, 1.82) is 5.26 Å². The standard InChI is InChI=1S/C21H21N5O/c1-13-4-15-10-25(11-16(15)5-13)20-3-2-14(8-23-20)19-6-18(27)12-26-21(19)17(7-22)9-24-26/h2-3,6,8-9,12-13,15-16,27H,4-5,10-11H2,1H3. The van der Waals surface area contributed by atoms with Gasteiger partial charge >= 0.3 is 0 Å². The Morgan fingerprint density at radius 2 is 1.96 bits per heavy atom. The Balaban J connectivity index is 1.47. The highest BCUT2D eigenvalue weighted by Crippen LogP contribution is 2.42. The van der Waals surface area contributed by atoms with Crippen molar-refractivity contribution in [2.45, 2.75) is 19.8 Å². The number of hydrogen-bond donors (Lipinski definition) is 1. The van der Waals surface area contributed by atoms with Gasteiger partial charge in [-0.05, 0) is 48.8 Å². The highest BCUT2D eigenvalue weighted by molar-refractivity contribution is 5.85. The summed E-state index contributed by atoms with van der Waals surface area (Å²) in [5.41, 5.74) is 2.80. The minimum absolute atomic E-state index is 0.107. The fourth-order valence-electron chi connectivity index (χ4n) is 4.93. The molecular formula is C21H21N5O. The van der Waals surface area contributed by atoms with E-state index in [-0.39, 0.29) is 5.75 Å². The number of nitrogens with zero attached hydrogens (tertiary/aromatic N) is 5. The van der Waals surface area contributed by atoms with Gasteiger partial charge in [-0.1, -0.05) is 6.92 Å². The molecule has 0 aromatic carbocycles. The lowest BCUT2D eigenvalue weighted by molar-refractivity contribution is 0.471. The van der Waals surface area contributed by atoms with Crippen LogP contribution in [-0.4, -0.2) is 32.8 Å². The van der Waals surface area contributed by atoms with E-state index < -0.39 is 0 Å². The fourth-order valence-corrected chi connectivity index (χ4v) is 4.93. The molecule has 2 fully saturated rings. The van der Waals surface area contributed by atoms with Crippen molar-refractivity contribution in [3.8, 4) is 22.9 Å². The zero-order chi connectivity index (χ0) is 18.5. The summed E-state index contributed by atoms with van der Waals surface area (Å²) in [6, 6.07) is 7.89. The van der Waals surface area contributed by atoms with E-state index in [9.17, 15) is 10.4 Å². The van der Waals surface area contributed by atoms with Crippen molar-refractivity contribution in [3.63, 3.8) is 0 Å². The molecule has 1 N–H and O–H groups in total. The smallest absolute Gasteiger partial charge is 0.134 e. The first-order valence-corrected chi connectivity index (χ1v) is 9.44. The van der Waals surface area contributed by atoms with Gasteiger partial charge in [0.1, 0.15) is 17.6 Å². The molecular weight excluding hydrogens is 338 g/mol. The van der Waals surface area contributed by atoms with E-state index in [1.54, 1.807) is 10.6 Å². The second-order valence-electron chi connectivity index (χ2n) is 7.98. The molecule has 6 heteroatoms. The Morgan fingerprint density at radius 1 is 1.19 bits per heavy atom. The summed E-state index contributed by atoms with van der Waals surface area (Å²) in [6.45, 7) is 4.55. The van der Waals surface area contributed by atoms with Crippen LogP contribution >= 0.6 is 0 Å². The van der Waals surface area contributed by atoms with Crippen LogP contribution in [0.3, 0.4) is 0 Å². The second kappa shape index (κ2) is 5.98. The summed E-state index contributed by atoms with van der Waals surface area (Å²) in [5.74, 6) is 3.58. The zero-order valence-electron chi connectivity index (χ0n) is 15.2. The zero-order valence-corrected chi connectivity index (χ0v) is 15.2. The van der Waals surface area contributed by atoms with Gasteiger partial charge in [0.15, 0.2) is 0 Å². The maximum Gasteiger partial charge on any atom is 0.134 e. The van der Waals surface area contributed by atoms with Crippen LogP contribution in [0.2, 0.25) is 0 Å². The van der Waals surface area contributed by atoms with E-state index in [1.807, 2.05) is 18.3 Å². The summed E-state index contributed by atoms with van der Waals surface area (Å²) in [4.78, 5) is 7.08. The Labute approximate surface area is 157 Å². The van der Waals surface area contributed by atoms with Crippen LogP contribution in [0.4, 0.5) is 5.82 Å². The molecule has 1 saturated heterocycles. The Morgan fingerprint density at radius 3 is 2.63 bits per heavy atom. The number of aromatic nitrogens is 3. The van der Waals surface area contributed by atoms with Crippen LogP contribution in [-0.2, 0) is 0 Å². The predicted molar refractivity (Wildman–Crippen MR) is 102 cm³/mol. The number of pyridine rings is 2. The first kappa shape index (κ1) is 16.1. The van der Waals surface area contributed by atoms with Gasteiger partial charge in [0.25, 0.3) is 0 Å². The number of anilines is 1. The first-order chi connectivity index (χ1) is 13.1. The molecule has 3 aromatic heterocycles. The van der Waals surface area contributed by atoms with Crippen molar-refractivity contribution in [3.05, 3.63) is 42.4 Å². The van der Waals surface area contributed by atoms with Crippen molar-refractivity contribution in [2.75, 3.05) is 18.0 Å². The number of rotatable bonds is 2. The van der Waals surface area contributed by atoms with E-state index in [1.165, 1.54) is 25.2 Å². The molecule has 5 rings (SSSR count). The van der Waals surface area contributed by atoms with Crippen molar-refractivity contribution >= 4 is 11.3 Å². The third-order valence-corrected chi connectivity index (χ3v) is 6.09. The SMILES string of the molecule is CC1CC2CN(c3ccc(-c4cc(O)cn5ncc(C#N)c45)cn3)CC2C1. The van der Waals surface area contributed by atoms with Crippen LogP contribution in [0, 0.1) is 29.1 Å². The number of hydrogen-bond acceptors (Lipinski definition) is 5. The van der Waals surface area contributed by atoms with E-state index in [2.05, 4.69) is 23.0 Å². The second-order valence-corrected chi connectivity index (χ2v) is 7.98. The number of aromatic hydroxyl groups is 1. The molecule has 1 saturated carbocycles. The largest absolute Gasteiger partial charge is 0.506 e. The molecule has 136 valence electrons. The first-order valence-electron chi connectivity index (χ1n) is 9.44. The quantitative estimate of drug-likeness (QED) is 0.758. The summed E-state index contributed by atoms with van der Waals surface area (Å²) in [7, 11) is 0.